The molecule has 3 N–H and O–H groups in total. The SMILES string of the molecule is CCC(CC)(C(=O)Nc1cc(OC)cc(OC)c1)C(N)=S. The Hall–Kier alpha value is -1.82. The molecular formula is C15H22N2O3S. The lowest BCUT2D eigenvalue weighted by molar-refractivity contribution is -0.122. The Labute approximate surface area is 130 Å². The van der Waals surface area contributed by atoms with Crippen LogP contribution in [0.2, 0.25) is 0 Å². The summed E-state index contributed by atoms with van der Waals surface area (Å²) in [6.45, 7) is 3.79. The Morgan fingerprint density at radius 3 is 2.00 bits per heavy atom. The number of amides is 1. The van der Waals surface area contributed by atoms with Crippen LogP contribution in [0.15, 0.2) is 18.2 Å². The summed E-state index contributed by atoms with van der Waals surface area (Å²) in [5, 5.41) is 2.85. The van der Waals surface area contributed by atoms with Gasteiger partial charge in [0.25, 0.3) is 0 Å². The van der Waals surface area contributed by atoms with Crippen molar-refractivity contribution in [2.75, 3.05) is 19.5 Å². The number of nitrogens with one attached hydrogen (secondary N) is 1. The second-order valence-corrected chi connectivity index (χ2v) is 5.15. The van der Waals surface area contributed by atoms with E-state index in [1.165, 1.54) is 0 Å². The van der Waals surface area contributed by atoms with Crippen molar-refractivity contribution in [1.82, 2.24) is 0 Å². The Morgan fingerprint density at radius 1 is 1.19 bits per heavy atom. The maximum atomic E-state index is 12.6. The largest absolute Gasteiger partial charge is 0.497 e. The fourth-order valence-electron chi connectivity index (χ4n) is 2.16. The van der Waals surface area contributed by atoms with E-state index in [2.05, 4.69) is 5.32 Å². The van der Waals surface area contributed by atoms with Gasteiger partial charge in [0, 0.05) is 23.9 Å². The van der Waals surface area contributed by atoms with Gasteiger partial charge in [-0.15, -0.1) is 0 Å². The molecule has 5 nitrogen and oxygen atoms in total. The fourth-order valence-corrected chi connectivity index (χ4v) is 2.54. The van der Waals surface area contributed by atoms with Gasteiger partial charge in [-0.2, -0.15) is 0 Å². The van der Waals surface area contributed by atoms with Gasteiger partial charge >= 0.3 is 0 Å². The lowest BCUT2D eigenvalue weighted by Gasteiger charge is -2.29. The van der Waals surface area contributed by atoms with Gasteiger partial charge in [0.2, 0.25) is 5.91 Å². The lowest BCUT2D eigenvalue weighted by Crippen LogP contribution is -2.45. The number of hydrogen-bond donors (Lipinski definition) is 2. The number of carbonyl (C=O) groups is 1. The first kappa shape index (κ1) is 17.2. The zero-order valence-corrected chi connectivity index (χ0v) is 13.7. The number of anilines is 1. The predicted molar refractivity (Wildman–Crippen MR) is 88.0 cm³/mol. The smallest absolute Gasteiger partial charge is 0.237 e. The van der Waals surface area contributed by atoms with Crippen LogP contribution in [0.4, 0.5) is 5.69 Å². The van der Waals surface area contributed by atoms with E-state index in [0.717, 1.165) is 0 Å². The fraction of sp³-hybridized carbons (Fsp3) is 0.467. The van der Waals surface area contributed by atoms with Gasteiger partial charge in [0.15, 0.2) is 0 Å². The third-order valence-corrected chi connectivity index (χ3v) is 4.11. The van der Waals surface area contributed by atoms with Crippen molar-refractivity contribution < 1.29 is 14.3 Å². The van der Waals surface area contributed by atoms with Crippen LogP contribution in [0.5, 0.6) is 11.5 Å². The van der Waals surface area contributed by atoms with Crippen LogP contribution in [-0.4, -0.2) is 25.1 Å². The van der Waals surface area contributed by atoms with E-state index in [0.29, 0.717) is 30.0 Å². The van der Waals surface area contributed by atoms with E-state index in [4.69, 9.17) is 27.4 Å². The highest BCUT2D eigenvalue weighted by molar-refractivity contribution is 7.80. The molecule has 0 saturated carbocycles. The third-order valence-electron chi connectivity index (χ3n) is 3.72. The molecule has 1 rings (SSSR count). The number of carbonyl (C=O) groups excluding carboxylic acids is 1. The topological polar surface area (TPSA) is 73.6 Å². The zero-order chi connectivity index (χ0) is 16.0. The molecule has 0 aromatic heterocycles. The van der Waals surface area contributed by atoms with Gasteiger partial charge in [0.05, 0.1) is 24.6 Å². The summed E-state index contributed by atoms with van der Waals surface area (Å²) in [5.74, 6) is 0.979. The highest BCUT2D eigenvalue weighted by Gasteiger charge is 2.38. The molecule has 0 heterocycles. The van der Waals surface area contributed by atoms with Gasteiger partial charge in [-0.25, -0.2) is 0 Å². The molecule has 0 spiro atoms. The molecule has 0 aliphatic heterocycles. The van der Waals surface area contributed by atoms with Crippen LogP contribution < -0.4 is 20.5 Å². The summed E-state index contributed by atoms with van der Waals surface area (Å²) in [7, 11) is 3.11. The molecule has 0 unspecified atom stereocenters. The molecule has 116 valence electrons. The van der Waals surface area contributed by atoms with E-state index in [1.54, 1.807) is 32.4 Å². The van der Waals surface area contributed by atoms with Crippen molar-refractivity contribution in [1.29, 1.82) is 0 Å². The molecule has 0 radical (unpaired) electrons. The summed E-state index contributed by atoms with van der Waals surface area (Å²) in [4.78, 5) is 12.8. The number of benzene rings is 1. The van der Waals surface area contributed by atoms with Crippen LogP contribution >= 0.6 is 12.2 Å². The summed E-state index contributed by atoms with van der Waals surface area (Å²) in [6, 6.07) is 5.17. The van der Waals surface area contributed by atoms with Crippen LogP contribution in [0, 0.1) is 5.41 Å². The zero-order valence-electron chi connectivity index (χ0n) is 12.9. The normalized spacial score (nSPS) is 10.9. The van der Waals surface area contributed by atoms with E-state index >= 15 is 0 Å². The lowest BCUT2D eigenvalue weighted by atomic mass is 9.81. The first-order chi connectivity index (χ1) is 9.93. The van der Waals surface area contributed by atoms with Crippen molar-refractivity contribution in [2.45, 2.75) is 26.7 Å². The first-order valence-electron chi connectivity index (χ1n) is 6.78. The Bertz CT molecular complexity index is 505. The van der Waals surface area contributed by atoms with E-state index < -0.39 is 5.41 Å². The number of nitrogens with two attached hydrogens (primary N) is 1. The molecule has 0 fully saturated rings. The predicted octanol–water partition coefficient (Wildman–Crippen LogP) is 2.73. The van der Waals surface area contributed by atoms with Crippen molar-refractivity contribution in [3.05, 3.63) is 18.2 Å². The van der Waals surface area contributed by atoms with Crippen LogP contribution in [0.3, 0.4) is 0 Å². The molecular weight excluding hydrogens is 288 g/mol. The highest BCUT2D eigenvalue weighted by atomic mass is 32.1. The minimum absolute atomic E-state index is 0.208. The number of thiocarbonyl (C=S) groups is 1. The number of hydrogen-bond acceptors (Lipinski definition) is 4. The van der Waals surface area contributed by atoms with Crippen molar-refractivity contribution in [3.8, 4) is 11.5 Å². The Morgan fingerprint density at radius 2 is 1.67 bits per heavy atom. The summed E-state index contributed by atoms with van der Waals surface area (Å²) in [6.07, 6.45) is 1.09. The summed E-state index contributed by atoms with van der Waals surface area (Å²) in [5.41, 5.74) is 5.52. The molecule has 0 saturated heterocycles. The van der Waals surface area contributed by atoms with Gasteiger partial charge in [0.1, 0.15) is 11.5 Å². The molecule has 0 aliphatic rings. The molecule has 1 aromatic carbocycles. The monoisotopic (exact) mass is 310 g/mol. The maximum Gasteiger partial charge on any atom is 0.237 e. The summed E-state index contributed by atoms with van der Waals surface area (Å²) < 4.78 is 10.4. The van der Waals surface area contributed by atoms with E-state index in [-0.39, 0.29) is 10.9 Å². The molecule has 1 aromatic rings. The second-order valence-electron chi connectivity index (χ2n) is 4.71. The first-order valence-corrected chi connectivity index (χ1v) is 7.18. The quantitative estimate of drug-likeness (QED) is 0.758. The van der Waals surface area contributed by atoms with Gasteiger partial charge < -0.3 is 20.5 Å². The third kappa shape index (κ3) is 3.64. The van der Waals surface area contributed by atoms with E-state index in [9.17, 15) is 4.79 Å². The molecule has 1 amide bonds. The summed E-state index contributed by atoms with van der Waals surface area (Å²) >= 11 is 5.08. The highest BCUT2D eigenvalue weighted by Crippen LogP contribution is 2.31. The van der Waals surface area contributed by atoms with Crippen LogP contribution in [0.25, 0.3) is 0 Å². The number of ether oxygens (including phenoxy) is 2. The van der Waals surface area contributed by atoms with Gasteiger partial charge in [-0.1, -0.05) is 26.1 Å². The second kappa shape index (κ2) is 7.26. The number of rotatable bonds is 7. The standard InChI is InChI=1S/C15H22N2O3S/c1-5-15(6-2,13(16)21)14(18)17-10-7-11(19-3)9-12(8-10)20-4/h7-9H,5-6H2,1-4H3,(H2,16,21)(H,17,18). The van der Waals surface area contributed by atoms with Crippen molar-refractivity contribution in [3.63, 3.8) is 0 Å². The Kier molecular flexibility index (Phi) is 5.96. The van der Waals surface area contributed by atoms with Crippen molar-refractivity contribution >= 4 is 28.8 Å². The molecule has 6 heteroatoms. The van der Waals surface area contributed by atoms with Crippen LogP contribution in [-0.2, 0) is 4.79 Å². The van der Waals surface area contributed by atoms with E-state index in [1.807, 2.05) is 13.8 Å². The maximum absolute atomic E-state index is 12.6. The van der Waals surface area contributed by atoms with Gasteiger partial charge in [-0.3, -0.25) is 4.79 Å². The minimum atomic E-state index is -0.842. The molecule has 0 aliphatic carbocycles. The van der Waals surface area contributed by atoms with Crippen molar-refractivity contribution in [2.24, 2.45) is 11.1 Å². The van der Waals surface area contributed by atoms with Crippen LogP contribution in [0.1, 0.15) is 26.7 Å². The average Bonchev–Trinajstić information content (AvgIpc) is 2.48. The average molecular weight is 310 g/mol. The number of methoxy groups -OCH3 is 2. The Balaban J connectivity index is 3.09. The molecule has 21 heavy (non-hydrogen) atoms. The molecule has 0 atom stereocenters. The minimum Gasteiger partial charge on any atom is -0.497 e. The van der Waals surface area contributed by atoms with Gasteiger partial charge in [-0.05, 0) is 12.8 Å². The molecule has 0 bridgehead atoms.